The maximum atomic E-state index is 13.1. The highest BCUT2D eigenvalue weighted by Crippen LogP contribution is 2.34. The number of piperidine rings is 1. The zero-order valence-electron chi connectivity index (χ0n) is 13.9. The third-order valence-electron chi connectivity index (χ3n) is 5.05. The standard InChI is InChI=1S/C19H24N2O2S/c22-19(21-9-11-23-12-10-21)18-16(13-14-5-3-4-8-20-14)15-6-1-2-7-17(15)24-18/h1-2,6-7,14,20H,3-5,8-13H2/t14-/m0/s1. The average molecular weight is 344 g/mol. The molecule has 3 heterocycles. The summed E-state index contributed by atoms with van der Waals surface area (Å²) in [7, 11) is 0. The first-order chi connectivity index (χ1) is 11.8. The van der Waals surface area contributed by atoms with Crippen LogP contribution < -0.4 is 5.32 Å². The number of carbonyl (C=O) groups is 1. The van der Waals surface area contributed by atoms with E-state index >= 15 is 0 Å². The zero-order valence-corrected chi connectivity index (χ0v) is 14.7. The molecule has 128 valence electrons. The first-order valence-corrected chi connectivity index (χ1v) is 9.75. The van der Waals surface area contributed by atoms with E-state index in [0.717, 1.165) is 17.8 Å². The van der Waals surface area contributed by atoms with Crippen LogP contribution in [0.25, 0.3) is 10.1 Å². The summed E-state index contributed by atoms with van der Waals surface area (Å²) in [5, 5.41) is 4.88. The minimum atomic E-state index is 0.185. The summed E-state index contributed by atoms with van der Waals surface area (Å²) in [5.74, 6) is 0.185. The van der Waals surface area contributed by atoms with Crippen LogP contribution in [0.3, 0.4) is 0 Å². The van der Waals surface area contributed by atoms with E-state index in [2.05, 4.69) is 29.6 Å². The Kier molecular flexibility index (Phi) is 4.83. The molecule has 2 aliphatic heterocycles. The van der Waals surface area contributed by atoms with Crippen molar-refractivity contribution in [1.82, 2.24) is 10.2 Å². The number of thiophene rings is 1. The highest BCUT2D eigenvalue weighted by molar-refractivity contribution is 7.21. The van der Waals surface area contributed by atoms with Gasteiger partial charge in [-0.3, -0.25) is 4.79 Å². The smallest absolute Gasteiger partial charge is 0.264 e. The van der Waals surface area contributed by atoms with E-state index in [4.69, 9.17) is 4.74 Å². The lowest BCUT2D eigenvalue weighted by molar-refractivity contribution is 0.0305. The number of morpholine rings is 1. The summed E-state index contributed by atoms with van der Waals surface area (Å²) < 4.78 is 6.62. The Morgan fingerprint density at radius 1 is 1.25 bits per heavy atom. The molecule has 2 aromatic rings. The van der Waals surface area contributed by atoms with Gasteiger partial charge in [0.15, 0.2) is 0 Å². The molecular formula is C19H24N2O2S. The number of nitrogens with zero attached hydrogens (tertiary/aromatic N) is 1. The van der Waals surface area contributed by atoms with Gasteiger partial charge in [-0.15, -0.1) is 11.3 Å². The van der Waals surface area contributed by atoms with Crippen LogP contribution in [0.4, 0.5) is 0 Å². The molecule has 24 heavy (non-hydrogen) atoms. The molecule has 1 amide bonds. The Morgan fingerprint density at radius 2 is 2.08 bits per heavy atom. The van der Waals surface area contributed by atoms with Crippen molar-refractivity contribution in [3.8, 4) is 0 Å². The Balaban J connectivity index is 1.67. The Labute approximate surface area is 146 Å². The van der Waals surface area contributed by atoms with Gasteiger partial charge in [0.25, 0.3) is 5.91 Å². The summed E-state index contributed by atoms with van der Waals surface area (Å²) in [6.45, 7) is 3.80. The second kappa shape index (κ2) is 7.21. The molecule has 1 N–H and O–H groups in total. The molecule has 0 saturated carbocycles. The van der Waals surface area contributed by atoms with Crippen molar-refractivity contribution in [3.05, 3.63) is 34.7 Å². The van der Waals surface area contributed by atoms with Gasteiger partial charge in [0.05, 0.1) is 18.1 Å². The van der Waals surface area contributed by atoms with Crippen LogP contribution in [-0.4, -0.2) is 49.7 Å². The highest BCUT2D eigenvalue weighted by Gasteiger charge is 2.26. The summed E-state index contributed by atoms with van der Waals surface area (Å²) in [6, 6.07) is 8.93. The molecule has 0 aliphatic carbocycles. The third kappa shape index (κ3) is 3.21. The number of hydrogen-bond acceptors (Lipinski definition) is 4. The SMILES string of the molecule is O=C(c1sc2ccccc2c1C[C@@H]1CCCCN1)N1CCOCC1. The van der Waals surface area contributed by atoms with Gasteiger partial charge in [0.1, 0.15) is 0 Å². The van der Waals surface area contributed by atoms with Crippen LogP contribution in [-0.2, 0) is 11.2 Å². The number of fused-ring (bicyclic) bond motifs is 1. The molecule has 5 heteroatoms. The second-order valence-electron chi connectivity index (χ2n) is 6.66. The van der Waals surface area contributed by atoms with Gasteiger partial charge in [-0.05, 0) is 42.8 Å². The first kappa shape index (κ1) is 16.1. The van der Waals surface area contributed by atoms with Crippen molar-refractivity contribution < 1.29 is 9.53 Å². The largest absolute Gasteiger partial charge is 0.378 e. The number of amides is 1. The van der Waals surface area contributed by atoms with E-state index in [1.54, 1.807) is 11.3 Å². The third-order valence-corrected chi connectivity index (χ3v) is 6.25. The fourth-order valence-electron chi connectivity index (χ4n) is 3.73. The number of nitrogens with one attached hydrogen (secondary N) is 1. The molecule has 0 unspecified atom stereocenters. The minimum Gasteiger partial charge on any atom is -0.378 e. The minimum absolute atomic E-state index is 0.185. The summed E-state index contributed by atoms with van der Waals surface area (Å²) >= 11 is 1.65. The van der Waals surface area contributed by atoms with Crippen LogP contribution in [0.15, 0.2) is 24.3 Å². The second-order valence-corrected chi connectivity index (χ2v) is 7.71. The van der Waals surface area contributed by atoms with Crippen molar-refractivity contribution in [2.75, 3.05) is 32.8 Å². The summed E-state index contributed by atoms with van der Waals surface area (Å²) in [6.07, 6.45) is 4.71. The van der Waals surface area contributed by atoms with E-state index < -0.39 is 0 Å². The number of carbonyl (C=O) groups excluding carboxylic acids is 1. The van der Waals surface area contributed by atoms with Crippen LogP contribution in [0.2, 0.25) is 0 Å². The molecule has 1 atom stereocenters. The van der Waals surface area contributed by atoms with E-state index in [1.165, 1.54) is 34.9 Å². The van der Waals surface area contributed by atoms with Gasteiger partial charge < -0.3 is 15.0 Å². The summed E-state index contributed by atoms with van der Waals surface area (Å²) in [5.41, 5.74) is 1.24. The molecule has 1 aromatic carbocycles. The lowest BCUT2D eigenvalue weighted by Gasteiger charge is -2.27. The van der Waals surface area contributed by atoms with E-state index in [1.807, 2.05) is 4.90 Å². The maximum Gasteiger partial charge on any atom is 0.264 e. The van der Waals surface area contributed by atoms with Crippen LogP contribution in [0.5, 0.6) is 0 Å². The predicted octanol–water partition coefficient (Wildman–Crippen LogP) is 3.06. The average Bonchev–Trinajstić information content (AvgIpc) is 3.01. The van der Waals surface area contributed by atoms with Crippen molar-refractivity contribution in [2.24, 2.45) is 0 Å². The predicted molar refractivity (Wildman–Crippen MR) is 97.9 cm³/mol. The van der Waals surface area contributed by atoms with Crippen molar-refractivity contribution in [3.63, 3.8) is 0 Å². The fraction of sp³-hybridized carbons (Fsp3) is 0.526. The molecule has 4 nitrogen and oxygen atoms in total. The number of hydrogen-bond donors (Lipinski definition) is 1. The quantitative estimate of drug-likeness (QED) is 0.930. The molecule has 1 aromatic heterocycles. The summed E-state index contributed by atoms with van der Waals surface area (Å²) in [4.78, 5) is 16.0. The van der Waals surface area contributed by atoms with Crippen LogP contribution >= 0.6 is 11.3 Å². The number of benzene rings is 1. The molecule has 0 bridgehead atoms. The van der Waals surface area contributed by atoms with Crippen LogP contribution in [0.1, 0.15) is 34.5 Å². The Bertz CT molecular complexity index is 715. The van der Waals surface area contributed by atoms with E-state index in [-0.39, 0.29) is 5.91 Å². The van der Waals surface area contributed by atoms with Gasteiger partial charge in [0.2, 0.25) is 0 Å². The lowest BCUT2D eigenvalue weighted by Crippen LogP contribution is -2.41. The molecule has 2 aliphatic rings. The topological polar surface area (TPSA) is 41.6 Å². The monoisotopic (exact) mass is 344 g/mol. The van der Waals surface area contributed by atoms with Gasteiger partial charge in [-0.2, -0.15) is 0 Å². The Hall–Kier alpha value is -1.43. The van der Waals surface area contributed by atoms with E-state index in [0.29, 0.717) is 32.3 Å². The molecule has 0 radical (unpaired) electrons. The maximum absolute atomic E-state index is 13.1. The molecule has 4 rings (SSSR count). The first-order valence-electron chi connectivity index (χ1n) is 8.94. The van der Waals surface area contributed by atoms with Crippen molar-refractivity contribution >= 4 is 27.3 Å². The molecule has 0 spiro atoms. The van der Waals surface area contributed by atoms with Gasteiger partial charge in [-0.25, -0.2) is 0 Å². The van der Waals surface area contributed by atoms with Gasteiger partial charge >= 0.3 is 0 Å². The van der Waals surface area contributed by atoms with Crippen LogP contribution in [0, 0.1) is 0 Å². The van der Waals surface area contributed by atoms with Crippen molar-refractivity contribution in [1.29, 1.82) is 0 Å². The molecular weight excluding hydrogens is 320 g/mol. The molecule has 2 fully saturated rings. The lowest BCUT2D eigenvalue weighted by atomic mass is 9.96. The van der Waals surface area contributed by atoms with Crippen molar-refractivity contribution in [2.45, 2.75) is 31.7 Å². The van der Waals surface area contributed by atoms with E-state index in [9.17, 15) is 4.79 Å². The highest BCUT2D eigenvalue weighted by atomic mass is 32.1. The zero-order chi connectivity index (χ0) is 16.4. The molecule has 2 saturated heterocycles. The number of rotatable bonds is 3. The van der Waals surface area contributed by atoms with Gasteiger partial charge in [-0.1, -0.05) is 24.6 Å². The Morgan fingerprint density at radius 3 is 2.88 bits per heavy atom. The fourth-order valence-corrected chi connectivity index (χ4v) is 4.93. The van der Waals surface area contributed by atoms with Gasteiger partial charge in [0, 0.05) is 23.8 Å². The normalized spacial score (nSPS) is 22.0. The number of ether oxygens (including phenoxy) is 1.